The Hall–Kier alpha value is -2.82. The molecular formula is C19H19N3O2. The molecule has 0 atom stereocenters. The molecule has 0 spiro atoms. The third-order valence-corrected chi connectivity index (χ3v) is 4.35. The van der Waals surface area contributed by atoms with E-state index in [2.05, 4.69) is 39.3 Å². The van der Waals surface area contributed by atoms with Crippen LogP contribution in [0, 0.1) is 0 Å². The molecule has 2 heterocycles. The highest BCUT2D eigenvalue weighted by molar-refractivity contribution is 5.57. The van der Waals surface area contributed by atoms with E-state index in [4.69, 9.17) is 9.26 Å². The lowest BCUT2D eigenvalue weighted by molar-refractivity contribution is 0.375. The number of ether oxygens (including phenoxy) is 1. The van der Waals surface area contributed by atoms with Gasteiger partial charge in [-0.25, -0.2) is 0 Å². The van der Waals surface area contributed by atoms with E-state index in [0.717, 1.165) is 30.7 Å². The number of rotatable bonds is 4. The van der Waals surface area contributed by atoms with Crippen molar-refractivity contribution in [2.45, 2.75) is 19.4 Å². The molecule has 1 aromatic heterocycles. The summed E-state index contributed by atoms with van der Waals surface area (Å²) in [5, 5.41) is 4.11. The van der Waals surface area contributed by atoms with Crippen molar-refractivity contribution in [1.82, 2.24) is 10.1 Å². The lowest BCUT2D eigenvalue weighted by Crippen LogP contribution is -2.28. The van der Waals surface area contributed by atoms with Crippen molar-refractivity contribution in [3.8, 4) is 17.1 Å². The summed E-state index contributed by atoms with van der Waals surface area (Å²) in [5.74, 6) is 2.06. The summed E-state index contributed by atoms with van der Waals surface area (Å²) in [4.78, 5) is 6.85. The van der Waals surface area contributed by atoms with E-state index in [1.54, 1.807) is 7.11 Å². The van der Waals surface area contributed by atoms with Gasteiger partial charge in [0.25, 0.3) is 0 Å². The number of methoxy groups -OCH3 is 1. The van der Waals surface area contributed by atoms with Crippen LogP contribution in [0.25, 0.3) is 11.4 Å². The van der Waals surface area contributed by atoms with Crippen LogP contribution in [0.5, 0.6) is 5.75 Å². The third-order valence-electron chi connectivity index (χ3n) is 4.35. The Morgan fingerprint density at radius 2 is 1.96 bits per heavy atom. The zero-order chi connectivity index (χ0) is 16.4. The van der Waals surface area contributed by atoms with Crippen LogP contribution >= 0.6 is 0 Å². The molecule has 1 aliphatic heterocycles. The number of aromatic nitrogens is 2. The van der Waals surface area contributed by atoms with Crippen LogP contribution in [0.1, 0.15) is 17.9 Å². The molecule has 0 saturated heterocycles. The molecule has 0 radical (unpaired) electrons. The largest absolute Gasteiger partial charge is 0.497 e. The number of benzene rings is 2. The van der Waals surface area contributed by atoms with E-state index in [1.807, 2.05) is 24.3 Å². The summed E-state index contributed by atoms with van der Waals surface area (Å²) < 4.78 is 10.6. The fourth-order valence-corrected chi connectivity index (χ4v) is 3.12. The van der Waals surface area contributed by atoms with Gasteiger partial charge in [-0.2, -0.15) is 4.98 Å². The fourth-order valence-electron chi connectivity index (χ4n) is 3.12. The Bertz CT molecular complexity index is 827. The quantitative estimate of drug-likeness (QED) is 0.733. The van der Waals surface area contributed by atoms with E-state index in [0.29, 0.717) is 18.3 Å². The van der Waals surface area contributed by atoms with Crippen LogP contribution in [0.4, 0.5) is 5.69 Å². The zero-order valence-electron chi connectivity index (χ0n) is 13.6. The summed E-state index contributed by atoms with van der Waals surface area (Å²) in [5.41, 5.74) is 3.58. The maximum atomic E-state index is 5.46. The van der Waals surface area contributed by atoms with Crippen LogP contribution in [-0.2, 0) is 13.0 Å². The van der Waals surface area contributed by atoms with Crippen LogP contribution in [0.15, 0.2) is 53.1 Å². The molecular weight excluding hydrogens is 302 g/mol. The van der Waals surface area contributed by atoms with Gasteiger partial charge in [-0.3, -0.25) is 0 Å². The first-order valence-electron chi connectivity index (χ1n) is 8.13. The molecule has 0 N–H and O–H groups in total. The molecule has 0 aliphatic carbocycles. The van der Waals surface area contributed by atoms with Gasteiger partial charge in [-0.1, -0.05) is 23.4 Å². The van der Waals surface area contributed by atoms with Gasteiger partial charge in [0.1, 0.15) is 5.75 Å². The van der Waals surface area contributed by atoms with Gasteiger partial charge >= 0.3 is 0 Å². The van der Waals surface area contributed by atoms with Crippen LogP contribution in [0.2, 0.25) is 0 Å². The van der Waals surface area contributed by atoms with Crippen molar-refractivity contribution in [3.63, 3.8) is 0 Å². The van der Waals surface area contributed by atoms with Crippen molar-refractivity contribution in [2.75, 3.05) is 18.6 Å². The average Bonchev–Trinajstić information content (AvgIpc) is 3.11. The van der Waals surface area contributed by atoms with Gasteiger partial charge in [-0.15, -0.1) is 0 Å². The highest BCUT2D eigenvalue weighted by atomic mass is 16.5. The molecule has 24 heavy (non-hydrogen) atoms. The molecule has 5 nitrogen and oxygen atoms in total. The summed E-state index contributed by atoms with van der Waals surface area (Å²) >= 11 is 0. The number of hydrogen-bond donors (Lipinski definition) is 0. The van der Waals surface area contributed by atoms with Gasteiger partial charge < -0.3 is 14.2 Å². The van der Waals surface area contributed by atoms with E-state index in [-0.39, 0.29) is 0 Å². The first-order chi connectivity index (χ1) is 11.8. The summed E-state index contributed by atoms with van der Waals surface area (Å²) in [7, 11) is 1.65. The first kappa shape index (κ1) is 14.8. The minimum absolute atomic E-state index is 0.609. The highest BCUT2D eigenvalue weighted by Crippen LogP contribution is 2.28. The maximum absolute atomic E-state index is 5.46. The van der Waals surface area contributed by atoms with E-state index in [1.165, 1.54) is 11.3 Å². The molecule has 3 aromatic rings. The van der Waals surface area contributed by atoms with Crippen molar-refractivity contribution in [3.05, 3.63) is 60.0 Å². The van der Waals surface area contributed by atoms with Gasteiger partial charge in [0, 0.05) is 17.8 Å². The second kappa shape index (κ2) is 6.35. The smallest absolute Gasteiger partial charge is 0.246 e. The molecule has 0 saturated carbocycles. The zero-order valence-corrected chi connectivity index (χ0v) is 13.6. The van der Waals surface area contributed by atoms with Gasteiger partial charge in [-0.05, 0) is 48.7 Å². The number of aryl methyl sites for hydroxylation is 1. The number of nitrogens with zero attached hydrogens (tertiary/aromatic N) is 3. The third kappa shape index (κ3) is 2.85. The molecule has 0 amide bonds. The minimum Gasteiger partial charge on any atom is -0.497 e. The first-order valence-corrected chi connectivity index (χ1v) is 8.13. The van der Waals surface area contributed by atoms with Crippen LogP contribution in [0.3, 0.4) is 0 Å². The van der Waals surface area contributed by atoms with Crippen molar-refractivity contribution in [1.29, 1.82) is 0 Å². The summed E-state index contributed by atoms with van der Waals surface area (Å²) in [6, 6.07) is 16.2. The number of hydrogen-bond acceptors (Lipinski definition) is 5. The number of anilines is 1. The lowest BCUT2D eigenvalue weighted by Gasteiger charge is -2.29. The van der Waals surface area contributed by atoms with Crippen molar-refractivity contribution >= 4 is 5.69 Å². The Balaban J connectivity index is 1.53. The van der Waals surface area contributed by atoms with Crippen LogP contribution in [-0.4, -0.2) is 23.8 Å². The normalized spacial score (nSPS) is 13.6. The Morgan fingerprint density at radius 1 is 1.12 bits per heavy atom. The highest BCUT2D eigenvalue weighted by Gasteiger charge is 2.19. The second-order valence-corrected chi connectivity index (χ2v) is 5.89. The van der Waals surface area contributed by atoms with E-state index < -0.39 is 0 Å². The van der Waals surface area contributed by atoms with Crippen molar-refractivity contribution < 1.29 is 9.26 Å². The molecule has 0 fully saturated rings. The van der Waals surface area contributed by atoms with Gasteiger partial charge in [0.15, 0.2) is 0 Å². The average molecular weight is 321 g/mol. The number of para-hydroxylation sites is 1. The Kier molecular flexibility index (Phi) is 3.91. The second-order valence-electron chi connectivity index (χ2n) is 5.89. The maximum Gasteiger partial charge on any atom is 0.246 e. The van der Waals surface area contributed by atoms with Crippen LogP contribution < -0.4 is 9.64 Å². The molecule has 0 bridgehead atoms. The predicted octanol–water partition coefficient (Wildman–Crippen LogP) is 3.70. The number of fused-ring (bicyclic) bond motifs is 1. The molecule has 2 aromatic carbocycles. The lowest BCUT2D eigenvalue weighted by atomic mass is 10.0. The standard InChI is InChI=1S/C19H19N3O2/c1-23-16-10-8-15(9-11-16)19-20-18(24-21-19)13-22-12-4-6-14-5-2-3-7-17(14)22/h2-3,5,7-11H,4,6,12-13H2,1H3. The molecule has 1 aliphatic rings. The van der Waals surface area contributed by atoms with Gasteiger partial charge in [0.05, 0.1) is 13.7 Å². The fraction of sp³-hybridized carbons (Fsp3) is 0.263. The van der Waals surface area contributed by atoms with Crippen molar-refractivity contribution in [2.24, 2.45) is 0 Å². The van der Waals surface area contributed by atoms with Gasteiger partial charge in [0.2, 0.25) is 11.7 Å². The SMILES string of the molecule is COc1ccc(-c2noc(CN3CCCc4ccccc43)n2)cc1. The molecule has 4 rings (SSSR count). The monoisotopic (exact) mass is 321 g/mol. The van der Waals surface area contributed by atoms with E-state index >= 15 is 0 Å². The molecule has 5 heteroatoms. The Labute approximate surface area is 140 Å². The van der Waals surface area contributed by atoms with E-state index in [9.17, 15) is 0 Å². The molecule has 122 valence electrons. The summed E-state index contributed by atoms with van der Waals surface area (Å²) in [6.07, 6.45) is 2.28. The topological polar surface area (TPSA) is 51.4 Å². The minimum atomic E-state index is 0.609. The predicted molar refractivity (Wildman–Crippen MR) is 92.1 cm³/mol. The summed E-state index contributed by atoms with van der Waals surface area (Å²) in [6.45, 7) is 1.65. The Morgan fingerprint density at radius 3 is 2.79 bits per heavy atom. The molecule has 0 unspecified atom stereocenters.